The summed E-state index contributed by atoms with van der Waals surface area (Å²) in [6, 6.07) is 8.34. The van der Waals surface area contributed by atoms with Crippen LogP contribution in [0.3, 0.4) is 0 Å². The molecule has 0 saturated heterocycles. The number of unbranched alkanes of at least 4 members (excludes halogenated alkanes) is 17. The van der Waals surface area contributed by atoms with E-state index < -0.39 is 38.1 Å². The van der Waals surface area contributed by atoms with E-state index in [9.17, 15) is 8.42 Å². The van der Waals surface area contributed by atoms with Crippen LogP contribution in [0, 0.1) is 0 Å². The number of thiophene rings is 3. The topological polar surface area (TPSA) is 68.3 Å². The van der Waals surface area contributed by atoms with Gasteiger partial charge in [0.2, 0.25) is 0 Å². The number of sulfone groups is 2. The van der Waals surface area contributed by atoms with Gasteiger partial charge in [0.15, 0.2) is 0 Å². The molecular weight excluding hydrogens is 872 g/mol. The van der Waals surface area contributed by atoms with E-state index in [0.29, 0.717) is 12.8 Å². The first-order valence-electron chi connectivity index (χ1n) is 21.9. The van der Waals surface area contributed by atoms with Crippen molar-refractivity contribution in [3.05, 3.63) is 29.6 Å². The third kappa shape index (κ3) is 14.9. The van der Waals surface area contributed by atoms with Gasteiger partial charge in [-0.25, -0.2) is 0 Å². The van der Waals surface area contributed by atoms with Crippen molar-refractivity contribution < 1.29 is 16.8 Å². The van der Waals surface area contributed by atoms with Gasteiger partial charge in [0, 0.05) is 0 Å². The maximum atomic E-state index is 15.1. The standard InChI is InChI=1S/C32H47O4S5.3C4H9.Sn/c1-3-5-7-9-11-13-15-17-24-40(33,34)30-26-38-31(29-22-21-28(39-29)27-20-19-23-37-27)32(30)41(35,36)25-18-16-14-12-10-8-6-4-2;3*1-3-4-2;/h19-23H,3-18,24-25H2,1-2H3;3*1,3-4H2,2H3;. The molecule has 4 nitrogen and oxygen atoms in total. The van der Waals surface area contributed by atoms with E-state index in [1.165, 1.54) is 51.4 Å². The Morgan fingerprint density at radius 3 is 1.33 bits per heavy atom. The molecular formula is C44H74O4S5Sn. The fraction of sp³-hybridized carbons (Fsp3) is 0.727. The summed E-state index contributed by atoms with van der Waals surface area (Å²) in [4.78, 5) is 4.39. The molecule has 0 spiro atoms. The summed E-state index contributed by atoms with van der Waals surface area (Å²) < 4.78 is 64.5. The summed E-state index contributed by atoms with van der Waals surface area (Å²) in [6.45, 7) is 11.2. The van der Waals surface area contributed by atoms with Gasteiger partial charge in [0.05, 0.1) is 0 Å². The van der Waals surface area contributed by atoms with Crippen LogP contribution in [0.2, 0.25) is 13.3 Å². The molecule has 54 heavy (non-hydrogen) atoms. The van der Waals surface area contributed by atoms with Crippen molar-refractivity contribution in [2.45, 2.75) is 199 Å². The van der Waals surface area contributed by atoms with E-state index in [1.54, 1.807) is 34.0 Å². The SMILES string of the molecule is CCCCCCCCCCS(=O)(=O)c1c(-c2ccc(-c3cccs3)s2)s[c]([Sn]([CH2]CCC)([CH2]CCC)[CH2]CCC)c1S(=O)(=O)CCCCCCCCCC. The van der Waals surface area contributed by atoms with Crippen LogP contribution in [0.25, 0.3) is 19.5 Å². The molecule has 0 unspecified atom stereocenters. The monoisotopic (exact) mass is 946 g/mol. The molecule has 0 amide bonds. The van der Waals surface area contributed by atoms with Gasteiger partial charge in [-0.3, -0.25) is 0 Å². The third-order valence-corrected chi connectivity index (χ3v) is 37.5. The summed E-state index contributed by atoms with van der Waals surface area (Å²) in [7, 11) is -7.72. The Balaban J connectivity index is 2.19. The minimum Gasteiger partial charge on any atom is -0.0654 e. The minimum atomic E-state index is -3.87. The molecule has 0 N–H and O–H groups in total. The first-order valence-corrected chi connectivity index (χ1v) is 35.2. The van der Waals surface area contributed by atoms with Crippen molar-refractivity contribution >= 4 is 75.0 Å². The third-order valence-electron chi connectivity index (χ3n) is 11.1. The van der Waals surface area contributed by atoms with E-state index >= 15 is 8.42 Å². The Bertz CT molecular complexity index is 1630. The second kappa shape index (κ2) is 26.0. The van der Waals surface area contributed by atoms with Crippen LogP contribution >= 0.6 is 34.0 Å². The average molecular weight is 946 g/mol. The molecule has 3 aromatic heterocycles. The Morgan fingerprint density at radius 2 is 0.889 bits per heavy atom. The molecule has 0 aromatic carbocycles. The minimum absolute atomic E-state index is 0.0238. The predicted molar refractivity (Wildman–Crippen MR) is 245 cm³/mol. The quantitative estimate of drug-likeness (QED) is 0.0462. The Kier molecular flexibility index (Phi) is 23.2. The van der Waals surface area contributed by atoms with Crippen molar-refractivity contribution in [3.8, 4) is 19.5 Å². The molecule has 10 heteroatoms. The molecule has 0 saturated carbocycles. The van der Waals surface area contributed by atoms with Gasteiger partial charge in [-0.1, -0.05) is 20.3 Å². The summed E-state index contributed by atoms with van der Waals surface area (Å²) in [5.41, 5.74) is 0. The number of rotatable bonds is 32. The van der Waals surface area contributed by atoms with Crippen molar-refractivity contribution in [1.29, 1.82) is 0 Å². The number of hydrogen-bond acceptors (Lipinski definition) is 7. The van der Waals surface area contributed by atoms with Gasteiger partial charge >= 0.3 is 331 Å². The van der Waals surface area contributed by atoms with Crippen molar-refractivity contribution in [1.82, 2.24) is 0 Å². The molecule has 3 aromatic rings. The van der Waals surface area contributed by atoms with E-state index in [-0.39, 0.29) is 21.3 Å². The molecule has 0 atom stereocenters. The molecule has 0 fully saturated rings. The molecule has 0 bridgehead atoms. The van der Waals surface area contributed by atoms with Gasteiger partial charge < -0.3 is 0 Å². The van der Waals surface area contributed by atoms with Crippen LogP contribution in [0.5, 0.6) is 0 Å². The Hall–Kier alpha value is -0.201. The van der Waals surface area contributed by atoms with Gasteiger partial charge in [0.1, 0.15) is 0 Å². The van der Waals surface area contributed by atoms with Crippen LogP contribution in [-0.4, -0.2) is 46.7 Å². The van der Waals surface area contributed by atoms with Crippen LogP contribution in [0.1, 0.15) is 176 Å². The zero-order valence-corrected chi connectivity index (χ0v) is 41.6. The number of hydrogen-bond donors (Lipinski definition) is 0. The second-order valence-corrected chi connectivity index (χ2v) is 36.9. The maximum absolute atomic E-state index is 15.1. The second-order valence-electron chi connectivity index (χ2n) is 15.7. The van der Waals surface area contributed by atoms with E-state index in [0.717, 1.165) is 113 Å². The van der Waals surface area contributed by atoms with E-state index in [4.69, 9.17) is 0 Å². The molecule has 0 aliphatic rings. The van der Waals surface area contributed by atoms with Gasteiger partial charge in [0.25, 0.3) is 0 Å². The average Bonchev–Trinajstić information content (AvgIpc) is 3.95. The smallest absolute Gasteiger partial charge is 0.0654 e. The van der Waals surface area contributed by atoms with Gasteiger partial charge in [-0.15, -0.1) is 0 Å². The molecule has 0 aliphatic heterocycles. The summed E-state index contributed by atoms with van der Waals surface area (Å²) in [5.74, 6) is 0.0730. The molecule has 0 aliphatic carbocycles. The van der Waals surface area contributed by atoms with Crippen molar-refractivity contribution in [3.63, 3.8) is 0 Å². The van der Waals surface area contributed by atoms with E-state index in [2.05, 4.69) is 64.3 Å². The van der Waals surface area contributed by atoms with Crippen molar-refractivity contribution in [2.24, 2.45) is 0 Å². The molecule has 3 heterocycles. The molecule has 308 valence electrons. The van der Waals surface area contributed by atoms with Crippen LogP contribution < -0.4 is 2.89 Å². The van der Waals surface area contributed by atoms with Crippen LogP contribution in [0.15, 0.2) is 39.4 Å². The Morgan fingerprint density at radius 1 is 0.463 bits per heavy atom. The fourth-order valence-electron chi connectivity index (χ4n) is 7.81. The van der Waals surface area contributed by atoms with Gasteiger partial charge in [-0.05, 0) is 0 Å². The van der Waals surface area contributed by atoms with Crippen LogP contribution in [0.4, 0.5) is 0 Å². The summed E-state index contributed by atoms with van der Waals surface area (Å²) >= 11 is 1.48. The zero-order valence-electron chi connectivity index (χ0n) is 34.7. The van der Waals surface area contributed by atoms with E-state index in [1.807, 2.05) is 0 Å². The fourth-order valence-corrected chi connectivity index (χ4v) is 38.3. The molecule has 0 radical (unpaired) electrons. The summed E-state index contributed by atoms with van der Waals surface area (Å²) in [5, 5.41) is 2.07. The Labute approximate surface area is 348 Å². The first-order chi connectivity index (χ1) is 26.1. The molecule has 3 rings (SSSR count). The normalized spacial score (nSPS) is 12.6. The zero-order chi connectivity index (χ0) is 39.3. The first kappa shape index (κ1) is 48.2. The van der Waals surface area contributed by atoms with Crippen LogP contribution in [-0.2, 0) is 19.7 Å². The van der Waals surface area contributed by atoms with Gasteiger partial charge in [-0.2, -0.15) is 0 Å². The predicted octanol–water partition coefficient (Wildman–Crippen LogP) is 15.1. The van der Waals surface area contributed by atoms with Crippen molar-refractivity contribution in [2.75, 3.05) is 11.5 Å². The summed E-state index contributed by atoms with van der Waals surface area (Å²) in [6.07, 6.45) is 23.6.